The van der Waals surface area contributed by atoms with Crippen LogP contribution in [0.25, 0.3) is 0 Å². The largest absolute Gasteiger partial charge is 0.508 e. The lowest BCUT2D eigenvalue weighted by atomic mass is 9.85. The molecule has 1 aliphatic rings. The molecule has 9 heteroatoms. The summed E-state index contributed by atoms with van der Waals surface area (Å²) in [6.07, 6.45) is 5.46. The first-order valence-corrected chi connectivity index (χ1v) is 11.2. The molecule has 0 amide bonds. The fraction of sp³-hybridized carbons (Fsp3) is 0.526. The van der Waals surface area contributed by atoms with E-state index in [-0.39, 0.29) is 17.7 Å². The molecule has 0 saturated carbocycles. The van der Waals surface area contributed by atoms with E-state index < -0.39 is 15.7 Å². The first kappa shape index (κ1) is 21.4. The second-order valence-corrected chi connectivity index (χ2v) is 10.9. The minimum atomic E-state index is -1.29. The van der Waals surface area contributed by atoms with Gasteiger partial charge in [0.1, 0.15) is 5.75 Å². The highest BCUT2D eigenvalue weighted by Gasteiger charge is 2.33. The molecule has 1 aliphatic heterocycles. The molecule has 3 N–H and O–H groups in total. The van der Waals surface area contributed by atoms with Gasteiger partial charge in [-0.05, 0) is 45.6 Å². The fourth-order valence-electron chi connectivity index (χ4n) is 3.41. The van der Waals surface area contributed by atoms with Crippen molar-refractivity contribution >= 4 is 39.9 Å². The van der Waals surface area contributed by atoms with E-state index in [9.17, 15) is 9.32 Å². The maximum atomic E-state index is 12.8. The quantitative estimate of drug-likeness (QED) is 0.636. The van der Waals surface area contributed by atoms with Crippen molar-refractivity contribution in [1.82, 2.24) is 14.9 Å². The standard InChI is InChI=1S/C19H26Cl2N4O2S/c1-19(2,3)28(27)24-18(14-8-15(20)16(21)9-17(14)26)12-4-6-25(7-5-12)13-10-22-23-11-13/h8-12,18,24,26H,4-7H2,1-3H3,(H,22,23). The summed E-state index contributed by atoms with van der Waals surface area (Å²) in [5, 5.41) is 18.1. The Balaban J connectivity index is 1.85. The molecule has 154 valence electrons. The molecular formula is C19H26Cl2N4O2S. The maximum absolute atomic E-state index is 12.8. The Hall–Kier alpha value is -1.28. The Labute approximate surface area is 178 Å². The average molecular weight is 445 g/mol. The van der Waals surface area contributed by atoms with Gasteiger partial charge in [-0.1, -0.05) is 23.2 Å². The lowest BCUT2D eigenvalue weighted by Gasteiger charge is -2.38. The Morgan fingerprint density at radius 2 is 1.93 bits per heavy atom. The number of aromatic hydroxyl groups is 1. The summed E-state index contributed by atoms with van der Waals surface area (Å²) in [4.78, 5) is 2.27. The number of anilines is 1. The van der Waals surface area contributed by atoms with Gasteiger partial charge in [-0.2, -0.15) is 5.10 Å². The van der Waals surface area contributed by atoms with E-state index in [1.54, 1.807) is 6.07 Å². The van der Waals surface area contributed by atoms with E-state index in [1.165, 1.54) is 6.07 Å². The number of H-pyrrole nitrogens is 1. The minimum Gasteiger partial charge on any atom is -0.508 e. The van der Waals surface area contributed by atoms with Crippen LogP contribution in [0, 0.1) is 5.92 Å². The third kappa shape index (κ3) is 4.82. The van der Waals surface area contributed by atoms with Crippen LogP contribution in [0.4, 0.5) is 5.69 Å². The van der Waals surface area contributed by atoms with Crippen LogP contribution in [0.1, 0.15) is 45.2 Å². The number of hydrogen-bond acceptors (Lipinski definition) is 4. The molecule has 2 heterocycles. The van der Waals surface area contributed by atoms with Crippen molar-refractivity contribution in [3.63, 3.8) is 0 Å². The molecule has 1 aromatic heterocycles. The van der Waals surface area contributed by atoms with Crippen LogP contribution in [0.5, 0.6) is 5.75 Å². The summed E-state index contributed by atoms with van der Waals surface area (Å²) in [7, 11) is -1.29. The monoisotopic (exact) mass is 444 g/mol. The fourth-order valence-corrected chi connectivity index (χ4v) is 4.65. The third-order valence-electron chi connectivity index (χ3n) is 5.05. The molecule has 1 fully saturated rings. The highest BCUT2D eigenvalue weighted by atomic mass is 35.5. The van der Waals surface area contributed by atoms with E-state index in [0.717, 1.165) is 31.6 Å². The number of phenols is 1. The predicted molar refractivity (Wildman–Crippen MR) is 115 cm³/mol. The van der Waals surface area contributed by atoms with Gasteiger partial charge in [-0.15, -0.1) is 0 Å². The number of hydrogen-bond donors (Lipinski definition) is 3. The summed E-state index contributed by atoms with van der Waals surface area (Å²) in [5.74, 6) is 0.257. The molecule has 2 aromatic rings. The Morgan fingerprint density at radius 3 is 2.50 bits per heavy atom. The lowest BCUT2D eigenvalue weighted by Crippen LogP contribution is -2.42. The topological polar surface area (TPSA) is 81.2 Å². The number of aromatic nitrogens is 2. The highest BCUT2D eigenvalue weighted by molar-refractivity contribution is 7.84. The smallest absolute Gasteiger partial charge is 0.121 e. The number of nitrogens with zero attached hydrogens (tertiary/aromatic N) is 2. The first-order chi connectivity index (χ1) is 13.2. The Morgan fingerprint density at radius 1 is 1.29 bits per heavy atom. The summed E-state index contributed by atoms with van der Waals surface area (Å²) in [5.41, 5.74) is 1.70. The van der Waals surface area contributed by atoms with Crippen LogP contribution < -0.4 is 9.62 Å². The van der Waals surface area contributed by atoms with Crippen LogP contribution in [0.3, 0.4) is 0 Å². The van der Waals surface area contributed by atoms with Gasteiger partial charge in [-0.3, -0.25) is 5.10 Å². The van der Waals surface area contributed by atoms with E-state index in [1.807, 2.05) is 33.2 Å². The van der Waals surface area contributed by atoms with E-state index >= 15 is 0 Å². The molecule has 28 heavy (non-hydrogen) atoms. The van der Waals surface area contributed by atoms with Crippen molar-refractivity contribution < 1.29 is 9.32 Å². The molecule has 1 aromatic carbocycles. The van der Waals surface area contributed by atoms with Gasteiger partial charge < -0.3 is 10.0 Å². The summed E-state index contributed by atoms with van der Waals surface area (Å²) < 4.78 is 15.7. The summed E-state index contributed by atoms with van der Waals surface area (Å²) in [6, 6.07) is 2.84. The second kappa shape index (κ2) is 8.61. The molecule has 6 nitrogen and oxygen atoms in total. The van der Waals surface area contributed by atoms with E-state index in [4.69, 9.17) is 23.2 Å². The van der Waals surface area contributed by atoms with Gasteiger partial charge in [-0.25, -0.2) is 8.93 Å². The van der Waals surface area contributed by atoms with Crippen LogP contribution in [0.2, 0.25) is 10.0 Å². The SMILES string of the molecule is CC(C)(C)S(=O)NC(c1cc(Cl)c(Cl)cc1O)C1CCN(c2cn[nH]c2)CC1. The van der Waals surface area contributed by atoms with Gasteiger partial charge in [0.25, 0.3) is 0 Å². The van der Waals surface area contributed by atoms with E-state index in [2.05, 4.69) is 19.8 Å². The van der Waals surface area contributed by atoms with Crippen molar-refractivity contribution in [2.24, 2.45) is 5.92 Å². The van der Waals surface area contributed by atoms with Gasteiger partial charge in [0.15, 0.2) is 0 Å². The first-order valence-electron chi connectivity index (χ1n) is 9.26. The number of benzene rings is 1. The van der Waals surface area contributed by atoms with Crippen LogP contribution >= 0.6 is 23.2 Å². The minimum absolute atomic E-state index is 0.0649. The number of aromatic amines is 1. The zero-order valence-corrected chi connectivity index (χ0v) is 18.5. The predicted octanol–water partition coefficient (Wildman–Crippen LogP) is 4.43. The van der Waals surface area contributed by atoms with Crippen molar-refractivity contribution in [3.05, 3.63) is 40.1 Å². The normalized spacial score (nSPS) is 18.2. The van der Waals surface area contributed by atoms with Crippen molar-refractivity contribution in [2.75, 3.05) is 18.0 Å². The average Bonchev–Trinajstić information content (AvgIpc) is 3.17. The highest BCUT2D eigenvalue weighted by Crippen LogP contribution is 2.40. The number of phenolic OH excluding ortho intramolecular Hbond substituents is 1. The molecule has 3 rings (SSSR count). The third-order valence-corrected chi connectivity index (χ3v) is 7.36. The molecule has 2 unspecified atom stereocenters. The van der Waals surface area contributed by atoms with Crippen molar-refractivity contribution in [3.8, 4) is 5.75 Å². The van der Waals surface area contributed by atoms with Gasteiger partial charge in [0.05, 0.1) is 43.7 Å². The van der Waals surface area contributed by atoms with Gasteiger partial charge >= 0.3 is 0 Å². The van der Waals surface area contributed by atoms with Crippen LogP contribution in [-0.2, 0) is 11.0 Å². The molecule has 0 bridgehead atoms. The number of nitrogens with one attached hydrogen (secondary N) is 2. The number of rotatable bonds is 5. The van der Waals surface area contributed by atoms with E-state index in [0.29, 0.717) is 15.6 Å². The van der Waals surface area contributed by atoms with Gasteiger partial charge in [0.2, 0.25) is 0 Å². The number of halogens is 2. The molecule has 0 radical (unpaired) electrons. The van der Waals surface area contributed by atoms with Crippen molar-refractivity contribution in [1.29, 1.82) is 0 Å². The lowest BCUT2D eigenvalue weighted by molar-refractivity contribution is 0.321. The maximum Gasteiger partial charge on any atom is 0.121 e. The zero-order chi connectivity index (χ0) is 20.5. The molecular weight excluding hydrogens is 419 g/mol. The summed E-state index contributed by atoms with van der Waals surface area (Å²) in [6.45, 7) is 7.47. The zero-order valence-electron chi connectivity index (χ0n) is 16.2. The number of piperidine rings is 1. The summed E-state index contributed by atoms with van der Waals surface area (Å²) >= 11 is 12.3. The molecule has 2 atom stereocenters. The second-order valence-electron chi connectivity index (χ2n) is 8.08. The van der Waals surface area contributed by atoms with Gasteiger partial charge in [0, 0.05) is 30.9 Å². The molecule has 1 saturated heterocycles. The van der Waals surface area contributed by atoms with Crippen molar-refractivity contribution in [2.45, 2.75) is 44.4 Å². The molecule has 0 aliphatic carbocycles. The van der Waals surface area contributed by atoms with Crippen LogP contribution in [0.15, 0.2) is 24.5 Å². The Bertz CT molecular complexity index is 831. The van der Waals surface area contributed by atoms with Crippen LogP contribution in [-0.4, -0.2) is 37.3 Å². The Kier molecular flexibility index (Phi) is 6.59. The molecule has 0 spiro atoms.